The molecule has 10 heteroatoms. The largest absolute Gasteiger partial charge is 0.494 e. The van der Waals surface area contributed by atoms with Gasteiger partial charge in [0.15, 0.2) is 0 Å². The minimum atomic E-state index is -3.61. The van der Waals surface area contributed by atoms with Gasteiger partial charge in [-0.1, -0.05) is 25.0 Å². The summed E-state index contributed by atoms with van der Waals surface area (Å²) in [5, 5.41) is 11.9. The smallest absolute Gasteiger partial charge is 0.407 e. The summed E-state index contributed by atoms with van der Waals surface area (Å²) in [6, 6.07) is 5.69. The zero-order chi connectivity index (χ0) is 23.5. The third-order valence-electron chi connectivity index (χ3n) is 4.03. The Morgan fingerprint density at radius 2 is 1.68 bits per heavy atom. The van der Waals surface area contributed by atoms with Crippen LogP contribution in [0.1, 0.15) is 52.0 Å². The maximum absolute atomic E-state index is 11.5. The van der Waals surface area contributed by atoms with E-state index in [-0.39, 0.29) is 6.42 Å². The number of hydrogen-bond donors (Lipinski definition) is 3. The number of ether oxygens (including phenoxy) is 2. The first-order valence-corrected chi connectivity index (χ1v) is 12.1. The molecule has 0 aliphatic rings. The highest BCUT2D eigenvalue weighted by molar-refractivity contribution is 7.88. The zero-order valence-corrected chi connectivity index (χ0v) is 19.5. The fourth-order valence-corrected chi connectivity index (χ4v) is 3.37. The van der Waals surface area contributed by atoms with E-state index in [9.17, 15) is 18.0 Å². The van der Waals surface area contributed by atoms with E-state index >= 15 is 0 Å². The molecular weight excluding hydrogens is 424 g/mol. The highest BCUT2D eigenvalue weighted by Gasteiger charge is 2.21. The fourth-order valence-electron chi connectivity index (χ4n) is 2.67. The van der Waals surface area contributed by atoms with Crippen LogP contribution in [0.3, 0.4) is 0 Å². The molecule has 1 aromatic carbocycles. The molecule has 0 heterocycles. The molecule has 1 atom stereocenters. The lowest BCUT2D eigenvalue weighted by atomic mass is 10.1. The number of amides is 1. The quantitative estimate of drug-likeness (QED) is 0.387. The van der Waals surface area contributed by atoms with E-state index in [0.29, 0.717) is 24.5 Å². The number of alkyl carbamates (subject to hydrolysis) is 1. The number of carboxylic acid groups (broad SMARTS) is 1. The van der Waals surface area contributed by atoms with Gasteiger partial charge in [-0.15, -0.1) is 0 Å². The van der Waals surface area contributed by atoms with Crippen molar-refractivity contribution < 1.29 is 32.6 Å². The van der Waals surface area contributed by atoms with Crippen molar-refractivity contribution in [1.29, 1.82) is 0 Å². The van der Waals surface area contributed by atoms with Gasteiger partial charge >= 0.3 is 12.1 Å². The second kappa shape index (κ2) is 12.5. The van der Waals surface area contributed by atoms with Crippen LogP contribution in [0, 0.1) is 0 Å². The molecule has 0 radical (unpaired) electrons. The van der Waals surface area contributed by atoms with Crippen LogP contribution in [0.2, 0.25) is 0 Å². The maximum Gasteiger partial charge on any atom is 0.407 e. The summed E-state index contributed by atoms with van der Waals surface area (Å²) in [5.41, 5.74) is 0.193. The predicted octanol–water partition coefficient (Wildman–Crippen LogP) is 2.70. The summed E-state index contributed by atoms with van der Waals surface area (Å²) in [5.74, 6) is -0.565. The highest BCUT2D eigenvalue weighted by Crippen LogP contribution is 2.15. The molecule has 0 aliphatic heterocycles. The van der Waals surface area contributed by atoms with Gasteiger partial charge in [-0.3, -0.25) is 4.79 Å². The number of sulfonamides is 1. The molecule has 0 spiro atoms. The SMILES string of the molecule is CC(C)(C)OC(=O)NCCCCCCOc1ccc(CC(NS(C)(=O)=O)C(=O)O)cc1. The van der Waals surface area contributed by atoms with Gasteiger partial charge in [0.1, 0.15) is 17.4 Å². The molecule has 0 aliphatic carbocycles. The average molecular weight is 459 g/mol. The second-order valence-electron chi connectivity index (χ2n) is 8.32. The standard InChI is InChI=1S/C21H34N2O7S/c1-21(2,3)30-20(26)22-13-7-5-6-8-14-29-17-11-9-16(10-12-17)15-18(19(24)25)23-31(4,27)28/h9-12,18,23H,5-8,13-15H2,1-4H3,(H,22,26)(H,24,25). The lowest BCUT2D eigenvalue weighted by molar-refractivity contribution is -0.138. The van der Waals surface area contributed by atoms with Crippen LogP contribution in [0.25, 0.3) is 0 Å². The summed E-state index contributed by atoms with van der Waals surface area (Å²) in [7, 11) is -3.61. The number of unbranched alkanes of at least 4 members (excludes halogenated alkanes) is 3. The lowest BCUT2D eigenvalue weighted by Gasteiger charge is -2.19. The summed E-state index contributed by atoms with van der Waals surface area (Å²) in [4.78, 5) is 22.7. The zero-order valence-electron chi connectivity index (χ0n) is 18.6. The van der Waals surface area contributed by atoms with Gasteiger partial charge in [-0.2, -0.15) is 0 Å². The van der Waals surface area contributed by atoms with Crippen molar-refractivity contribution in [1.82, 2.24) is 10.0 Å². The Labute approximate surface area is 184 Å². The van der Waals surface area contributed by atoms with Gasteiger partial charge in [-0.05, 0) is 57.7 Å². The molecule has 1 aromatic rings. The van der Waals surface area contributed by atoms with E-state index in [1.165, 1.54) is 0 Å². The van der Waals surface area contributed by atoms with E-state index in [1.54, 1.807) is 24.3 Å². The normalized spacial score (nSPS) is 12.8. The van der Waals surface area contributed by atoms with Crippen molar-refractivity contribution in [3.8, 4) is 5.75 Å². The Bertz CT molecular complexity index is 802. The Balaban J connectivity index is 2.23. The van der Waals surface area contributed by atoms with Gasteiger partial charge < -0.3 is 19.9 Å². The van der Waals surface area contributed by atoms with Crippen LogP contribution in [0.4, 0.5) is 4.79 Å². The average Bonchev–Trinajstić information content (AvgIpc) is 2.62. The van der Waals surface area contributed by atoms with E-state index < -0.39 is 33.7 Å². The summed E-state index contributed by atoms with van der Waals surface area (Å²) >= 11 is 0. The van der Waals surface area contributed by atoms with Crippen LogP contribution >= 0.6 is 0 Å². The van der Waals surface area contributed by atoms with Crippen molar-refractivity contribution in [2.24, 2.45) is 0 Å². The minimum Gasteiger partial charge on any atom is -0.494 e. The van der Waals surface area contributed by atoms with E-state index in [2.05, 4.69) is 10.0 Å². The molecule has 1 amide bonds. The van der Waals surface area contributed by atoms with Gasteiger partial charge in [0.05, 0.1) is 12.9 Å². The molecule has 0 saturated heterocycles. The van der Waals surface area contributed by atoms with Crippen LogP contribution in [-0.2, 0) is 26.0 Å². The highest BCUT2D eigenvalue weighted by atomic mass is 32.2. The van der Waals surface area contributed by atoms with Crippen LogP contribution in [-0.4, -0.2) is 56.6 Å². The first-order valence-electron chi connectivity index (χ1n) is 10.2. The fraction of sp³-hybridized carbons (Fsp3) is 0.619. The number of hydrogen-bond acceptors (Lipinski definition) is 6. The lowest BCUT2D eigenvalue weighted by Crippen LogP contribution is -2.41. The van der Waals surface area contributed by atoms with Crippen LogP contribution < -0.4 is 14.8 Å². The number of aliphatic carboxylic acids is 1. The summed E-state index contributed by atoms with van der Waals surface area (Å²) in [6.45, 7) is 6.59. The molecule has 9 nitrogen and oxygen atoms in total. The molecule has 1 rings (SSSR count). The Kier molecular flexibility index (Phi) is 10.8. The maximum atomic E-state index is 11.5. The Hall–Kier alpha value is -2.33. The third-order valence-corrected chi connectivity index (χ3v) is 4.74. The van der Waals surface area contributed by atoms with Crippen molar-refractivity contribution in [3.63, 3.8) is 0 Å². The Morgan fingerprint density at radius 1 is 1.06 bits per heavy atom. The van der Waals surface area contributed by atoms with E-state index in [1.807, 2.05) is 20.8 Å². The second-order valence-corrected chi connectivity index (χ2v) is 10.1. The van der Waals surface area contributed by atoms with Crippen LogP contribution in [0.15, 0.2) is 24.3 Å². The third kappa shape index (κ3) is 13.6. The molecule has 0 saturated carbocycles. The molecule has 3 N–H and O–H groups in total. The monoisotopic (exact) mass is 458 g/mol. The number of rotatable bonds is 13. The molecular formula is C21H34N2O7S. The number of nitrogens with one attached hydrogen (secondary N) is 2. The van der Waals surface area contributed by atoms with Crippen LogP contribution in [0.5, 0.6) is 5.75 Å². The topological polar surface area (TPSA) is 131 Å². The number of benzene rings is 1. The molecule has 0 fully saturated rings. The first kappa shape index (κ1) is 26.7. The van der Waals surface area contributed by atoms with Gasteiger partial charge in [0.2, 0.25) is 10.0 Å². The molecule has 176 valence electrons. The van der Waals surface area contributed by atoms with Crippen molar-refractivity contribution >= 4 is 22.1 Å². The summed E-state index contributed by atoms with van der Waals surface area (Å²) < 4.78 is 35.5. The van der Waals surface area contributed by atoms with E-state index in [4.69, 9.17) is 14.6 Å². The number of carbonyl (C=O) groups is 2. The summed E-state index contributed by atoms with van der Waals surface area (Å²) in [6.07, 6.45) is 4.22. The molecule has 1 unspecified atom stereocenters. The van der Waals surface area contributed by atoms with Gasteiger partial charge in [-0.25, -0.2) is 17.9 Å². The predicted molar refractivity (Wildman–Crippen MR) is 118 cm³/mol. The molecule has 31 heavy (non-hydrogen) atoms. The van der Waals surface area contributed by atoms with Gasteiger partial charge in [0.25, 0.3) is 0 Å². The molecule has 0 bridgehead atoms. The first-order chi connectivity index (χ1) is 14.4. The molecule has 0 aromatic heterocycles. The van der Waals surface area contributed by atoms with Crippen molar-refractivity contribution in [2.75, 3.05) is 19.4 Å². The van der Waals surface area contributed by atoms with Crippen molar-refractivity contribution in [3.05, 3.63) is 29.8 Å². The van der Waals surface area contributed by atoms with E-state index in [0.717, 1.165) is 31.9 Å². The number of carboxylic acids is 1. The van der Waals surface area contributed by atoms with Gasteiger partial charge in [0, 0.05) is 6.54 Å². The van der Waals surface area contributed by atoms with Crippen molar-refractivity contribution in [2.45, 2.75) is 64.5 Å². The Morgan fingerprint density at radius 3 is 2.23 bits per heavy atom. The minimum absolute atomic E-state index is 0.0417. The number of carbonyl (C=O) groups excluding carboxylic acids is 1.